The van der Waals surface area contributed by atoms with Crippen LogP contribution in [0, 0.1) is 0 Å². The molecule has 5 nitrogen and oxygen atoms in total. The Bertz CT molecular complexity index is 386. The zero-order valence-electron chi connectivity index (χ0n) is 11.3. The maximum atomic E-state index is 9.11. The van der Waals surface area contributed by atoms with Crippen molar-refractivity contribution >= 4 is 5.95 Å². The number of aromatic nitrogens is 2. The fourth-order valence-electron chi connectivity index (χ4n) is 1.88. The van der Waals surface area contributed by atoms with Gasteiger partial charge in [0.15, 0.2) is 0 Å². The van der Waals surface area contributed by atoms with Crippen molar-refractivity contribution in [1.29, 1.82) is 0 Å². The van der Waals surface area contributed by atoms with Crippen molar-refractivity contribution in [3.63, 3.8) is 0 Å². The maximum absolute atomic E-state index is 9.11. The molecule has 2 rings (SSSR count). The van der Waals surface area contributed by atoms with Crippen LogP contribution < -0.4 is 4.90 Å². The number of aliphatic hydroxyl groups is 1. The molecule has 1 aliphatic heterocycles. The van der Waals surface area contributed by atoms with E-state index in [0.717, 1.165) is 12.1 Å². The van der Waals surface area contributed by atoms with Gasteiger partial charge in [-0.15, -0.1) is 0 Å². The van der Waals surface area contributed by atoms with E-state index in [1.807, 2.05) is 12.4 Å². The number of morpholine rings is 1. The highest BCUT2D eigenvalue weighted by Gasteiger charge is 2.22. The second-order valence-electron chi connectivity index (χ2n) is 5.64. The van der Waals surface area contributed by atoms with Crippen LogP contribution >= 0.6 is 0 Å². The molecule has 1 N–H and O–H groups in total. The molecule has 1 saturated heterocycles. The van der Waals surface area contributed by atoms with E-state index in [9.17, 15) is 0 Å². The molecule has 1 atom stereocenters. The molecule has 0 aliphatic carbocycles. The first-order valence-corrected chi connectivity index (χ1v) is 6.30. The molecule has 1 aromatic heterocycles. The number of ether oxygens (including phenoxy) is 1. The summed E-state index contributed by atoms with van der Waals surface area (Å²) in [6.45, 7) is 8.48. The van der Waals surface area contributed by atoms with E-state index in [2.05, 4.69) is 35.6 Å². The van der Waals surface area contributed by atoms with Crippen molar-refractivity contribution in [3.8, 4) is 0 Å². The third-order valence-electron chi connectivity index (χ3n) is 3.13. The van der Waals surface area contributed by atoms with E-state index < -0.39 is 0 Å². The molecular weight excluding hydrogens is 230 g/mol. The first kappa shape index (κ1) is 13.2. The second-order valence-corrected chi connectivity index (χ2v) is 5.64. The number of rotatable bonds is 2. The van der Waals surface area contributed by atoms with E-state index in [1.54, 1.807) is 0 Å². The lowest BCUT2D eigenvalue weighted by Gasteiger charge is -2.32. The number of anilines is 1. The summed E-state index contributed by atoms with van der Waals surface area (Å²) in [5, 5.41) is 9.11. The van der Waals surface area contributed by atoms with Crippen LogP contribution in [-0.4, -0.2) is 47.5 Å². The van der Waals surface area contributed by atoms with Gasteiger partial charge in [-0.1, -0.05) is 20.8 Å². The Balaban J connectivity index is 2.09. The Morgan fingerprint density at radius 2 is 2.06 bits per heavy atom. The lowest BCUT2D eigenvalue weighted by molar-refractivity contribution is 0.00313. The van der Waals surface area contributed by atoms with Gasteiger partial charge in [0.2, 0.25) is 5.95 Å². The molecule has 1 unspecified atom stereocenters. The molecule has 0 radical (unpaired) electrons. The van der Waals surface area contributed by atoms with Gasteiger partial charge >= 0.3 is 0 Å². The Hall–Kier alpha value is -1.20. The van der Waals surface area contributed by atoms with Crippen molar-refractivity contribution in [2.45, 2.75) is 32.3 Å². The summed E-state index contributed by atoms with van der Waals surface area (Å²) in [5.74, 6) is 0.713. The highest BCUT2D eigenvalue weighted by molar-refractivity contribution is 5.32. The molecule has 0 aromatic carbocycles. The Kier molecular flexibility index (Phi) is 3.82. The maximum Gasteiger partial charge on any atom is 0.225 e. The number of nitrogens with zero attached hydrogens (tertiary/aromatic N) is 3. The second kappa shape index (κ2) is 5.20. The zero-order valence-corrected chi connectivity index (χ0v) is 11.3. The SMILES string of the molecule is CC(C)(C)c1cnc(N2CCOC(CO)C2)nc1. The van der Waals surface area contributed by atoms with Gasteiger partial charge in [-0.05, 0) is 11.0 Å². The quantitative estimate of drug-likeness (QED) is 0.849. The van der Waals surface area contributed by atoms with Gasteiger partial charge in [0, 0.05) is 25.5 Å². The van der Waals surface area contributed by atoms with E-state index in [-0.39, 0.29) is 18.1 Å². The Morgan fingerprint density at radius 3 is 2.61 bits per heavy atom. The van der Waals surface area contributed by atoms with Gasteiger partial charge in [0.25, 0.3) is 0 Å². The number of hydrogen-bond donors (Lipinski definition) is 1. The fourth-order valence-corrected chi connectivity index (χ4v) is 1.88. The van der Waals surface area contributed by atoms with Crippen LogP contribution in [0.5, 0.6) is 0 Å². The Morgan fingerprint density at radius 1 is 1.39 bits per heavy atom. The smallest absolute Gasteiger partial charge is 0.225 e. The molecule has 0 spiro atoms. The summed E-state index contributed by atoms with van der Waals surface area (Å²) in [7, 11) is 0. The lowest BCUT2D eigenvalue weighted by atomic mass is 9.89. The minimum Gasteiger partial charge on any atom is -0.394 e. The molecule has 1 aromatic rings. The largest absolute Gasteiger partial charge is 0.394 e. The van der Waals surface area contributed by atoms with E-state index in [4.69, 9.17) is 9.84 Å². The van der Waals surface area contributed by atoms with Crippen LogP contribution in [0.25, 0.3) is 0 Å². The lowest BCUT2D eigenvalue weighted by Crippen LogP contribution is -2.44. The highest BCUT2D eigenvalue weighted by atomic mass is 16.5. The van der Waals surface area contributed by atoms with Crippen LogP contribution in [0.4, 0.5) is 5.95 Å². The summed E-state index contributed by atoms with van der Waals surface area (Å²) in [4.78, 5) is 10.9. The van der Waals surface area contributed by atoms with Gasteiger partial charge in [0.1, 0.15) is 0 Å². The van der Waals surface area contributed by atoms with E-state index >= 15 is 0 Å². The monoisotopic (exact) mass is 251 g/mol. The predicted molar refractivity (Wildman–Crippen MR) is 69.8 cm³/mol. The van der Waals surface area contributed by atoms with Crippen LogP contribution in [0.1, 0.15) is 26.3 Å². The summed E-state index contributed by atoms with van der Waals surface area (Å²) >= 11 is 0. The fraction of sp³-hybridized carbons (Fsp3) is 0.692. The molecule has 0 amide bonds. The van der Waals surface area contributed by atoms with Crippen LogP contribution in [0.2, 0.25) is 0 Å². The minimum absolute atomic E-state index is 0.0383. The summed E-state index contributed by atoms with van der Waals surface area (Å²) < 4.78 is 5.41. The molecule has 2 heterocycles. The average Bonchev–Trinajstić information content (AvgIpc) is 2.38. The summed E-state index contributed by atoms with van der Waals surface area (Å²) in [6, 6.07) is 0. The number of hydrogen-bond acceptors (Lipinski definition) is 5. The first-order chi connectivity index (χ1) is 8.50. The topological polar surface area (TPSA) is 58.5 Å². The van der Waals surface area contributed by atoms with Crippen LogP contribution in [0.3, 0.4) is 0 Å². The average molecular weight is 251 g/mol. The molecule has 0 saturated carbocycles. The van der Waals surface area contributed by atoms with Gasteiger partial charge in [0.05, 0.1) is 19.3 Å². The molecule has 5 heteroatoms. The van der Waals surface area contributed by atoms with Crippen molar-refractivity contribution in [2.24, 2.45) is 0 Å². The van der Waals surface area contributed by atoms with Crippen molar-refractivity contribution in [1.82, 2.24) is 9.97 Å². The van der Waals surface area contributed by atoms with E-state index in [1.165, 1.54) is 0 Å². The van der Waals surface area contributed by atoms with Crippen molar-refractivity contribution < 1.29 is 9.84 Å². The zero-order chi connectivity index (χ0) is 13.2. The Labute approximate surface area is 108 Å². The van der Waals surface area contributed by atoms with Gasteiger partial charge in [-0.2, -0.15) is 0 Å². The van der Waals surface area contributed by atoms with Gasteiger partial charge in [-0.3, -0.25) is 0 Å². The van der Waals surface area contributed by atoms with Gasteiger partial charge in [-0.25, -0.2) is 9.97 Å². The van der Waals surface area contributed by atoms with Crippen molar-refractivity contribution in [3.05, 3.63) is 18.0 Å². The van der Waals surface area contributed by atoms with Crippen LogP contribution in [0.15, 0.2) is 12.4 Å². The predicted octanol–water partition coefficient (Wildman–Crippen LogP) is 0.972. The number of aliphatic hydroxyl groups excluding tert-OH is 1. The highest BCUT2D eigenvalue weighted by Crippen LogP contribution is 2.21. The molecule has 0 bridgehead atoms. The molecular formula is C13H21N3O2. The standard InChI is InChI=1S/C13H21N3O2/c1-13(2,3)10-6-14-12(15-7-10)16-4-5-18-11(8-16)9-17/h6-7,11,17H,4-5,8-9H2,1-3H3. The van der Waals surface area contributed by atoms with Crippen LogP contribution in [-0.2, 0) is 10.2 Å². The first-order valence-electron chi connectivity index (χ1n) is 6.30. The van der Waals surface area contributed by atoms with Crippen molar-refractivity contribution in [2.75, 3.05) is 31.2 Å². The van der Waals surface area contributed by atoms with Gasteiger partial charge < -0.3 is 14.7 Å². The third-order valence-corrected chi connectivity index (χ3v) is 3.13. The normalized spacial score (nSPS) is 21.1. The minimum atomic E-state index is -0.135. The van der Waals surface area contributed by atoms with E-state index in [0.29, 0.717) is 19.1 Å². The third kappa shape index (κ3) is 2.97. The summed E-state index contributed by atoms with van der Waals surface area (Å²) in [6.07, 6.45) is 3.63. The molecule has 100 valence electrons. The molecule has 1 aliphatic rings. The summed E-state index contributed by atoms with van der Waals surface area (Å²) in [5.41, 5.74) is 1.19. The molecule has 1 fully saturated rings. The molecule has 18 heavy (non-hydrogen) atoms.